The second-order valence-electron chi connectivity index (χ2n) is 25.7. The molecule has 10 N–H and O–H groups in total. The van der Waals surface area contributed by atoms with Crippen molar-refractivity contribution in [1.82, 2.24) is 48.3 Å². The molecule has 4 aromatic heterocycles. The molecule has 2 saturated heterocycles. The van der Waals surface area contributed by atoms with Crippen LogP contribution < -0.4 is 33.2 Å². The number of hydrogen-bond donors (Lipinski definition) is 7. The number of rotatable bonds is 11. The third-order valence-electron chi connectivity index (χ3n) is 16.9. The highest BCUT2D eigenvalue weighted by atomic mass is 16.4. The Kier molecular flexibility index (Phi) is 19.3. The van der Waals surface area contributed by atoms with E-state index in [4.69, 9.17) is 32.3 Å². The molecule has 0 radical (unpaired) electrons. The molecule has 6 aromatic carbocycles. The van der Waals surface area contributed by atoms with Crippen LogP contribution in [0.4, 0.5) is 45.8 Å². The van der Waals surface area contributed by atoms with Crippen molar-refractivity contribution >= 4 is 80.7 Å². The van der Waals surface area contributed by atoms with Gasteiger partial charge in [0.2, 0.25) is 0 Å². The topological polar surface area (TPSA) is 276 Å². The first-order valence-corrected chi connectivity index (χ1v) is 31.0. The number of fused-ring (bicyclic) bond motifs is 2. The summed E-state index contributed by atoms with van der Waals surface area (Å²) in [5.74, 6) is 0.0693. The van der Waals surface area contributed by atoms with Gasteiger partial charge in [-0.1, -0.05) is 77.9 Å². The minimum absolute atomic E-state index is 0.00878. The molecule has 0 bridgehead atoms. The maximum absolute atomic E-state index is 13.3. The third kappa shape index (κ3) is 15.2. The van der Waals surface area contributed by atoms with Crippen LogP contribution in [-0.2, 0) is 10.8 Å². The molecule has 0 aliphatic carbocycles. The Bertz CT molecular complexity index is 4380. The minimum Gasteiger partial charge on any atom is -0.478 e. The highest BCUT2D eigenvalue weighted by molar-refractivity contribution is 6.08. The van der Waals surface area contributed by atoms with Crippen LogP contribution >= 0.6 is 0 Å². The standard InChI is InChI=1S/C36H40N8O2.C25H27N7O.C11H15NO2/c1-23-27(7-6-8-30(23)41-34(45)28-14-11-25(21-29(28)37)36(2,3)4)31-22-44-16-15-38-33(44)32(40-31)39-26-12-9-24(10-13-26)35(46)43-19-17-42(5)18-20-43;1-17-20(4-3-5-21(17)26)22-16-32-11-10-27-24(32)23(29-22)28-19-8-6-18(7-9-19)25(33)31-14-12-30(2)13-15-31;1-11(2,3)7-4-5-8(10(13)14)9(12)6-7/h6-16,21-22H,17-20,37H2,1-5H3,(H,39,40)(H,41,45);3-11,16H,12-15,26H2,1-2H3,(H,28,29);4-6H,12H2,1-3H3,(H,13,14). The number of aromatic nitrogens is 6. The average Bonchev–Trinajstić information content (AvgIpc) is 1.79. The van der Waals surface area contributed by atoms with Crippen molar-refractivity contribution in [3.8, 4) is 22.5 Å². The van der Waals surface area contributed by atoms with Crippen molar-refractivity contribution in [2.24, 2.45) is 0 Å². The number of nitrogen functional groups attached to an aromatic ring is 3. The van der Waals surface area contributed by atoms with Crippen LogP contribution in [-0.4, -0.2) is 144 Å². The van der Waals surface area contributed by atoms with Gasteiger partial charge < -0.3 is 66.7 Å². The number of likely N-dealkylation sites (N-methyl/N-ethyl adjacent to an activating group) is 2. The van der Waals surface area contributed by atoms with Gasteiger partial charge in [-0.25, -0.2) is 24.7 Å². The fourth-order valence-corrected chi connectivity index (χ4v) is 11.0. The number of carbonyl (C=O) groups excluding carboxylic acids is 3. The predicted octanol–water partition coefficient (Wildman–Crippen LogP) is 11.7. The van der Waals surface area contributed by atoms with Gasteiger partial charge in [-0.2, -0.15) is 0 Å². The molecular formula is C72H82N16O5. The molecule has 0 atom stereocenters. The number of piperazine rings is 2. The summed E-state index contributed by atoms with van der Waals surface area (Å²) >= 11 is 0. The average molecular weight is 1250 g/mol. The van der Waals surface area contributed by atoms with E-state index in [1.165, 1.54) is 0 Å². The quantitative estimate of drug-likeness (QED) is 0.0593. The Hall–Kier alpha value is -10.6. The lowest BCUT2D eigenvalue weighted by atomic mass is 9.86. The maximum Gasteiger partial charge on any atom is 0.337 e. The molecule has 0 unspecified atom stereocenters. The lowest BCUT2D eigenvalue weighted by Crippen LogP contribution is -2.47. The van der Waals surface area contributed by atoms with Gasteiger partial charge in [-0.3, -0.25) is 14.4 Å². The van der Waals surface area contributed by atoms with Gasteiger partial charge in [0.05, 0.1) is 22.5 Å². The summed E-state index contributed by atoms with van der Waals surface area (Å²) in [5, 5.41) is 18.6. The lowest BCUT2D eigenvalue weighted by Gasteiger charge is -2.32. The molecule has 21 heteroatoms. The summed E-state index contributed by atoms with van der Waals surface area (Å²) in [6, 6.07) is 37.3. The SMILES string of the molecule is CC(C)(C)c1ccc(C(=O)O)c(N)c1.Cc1c(N)cccc1-c1cn2ccnc2c(Nc2ccc(C(=O)N3CCN(C)CC3)cc2)n1.Cc1c(NC(=O)c2ccc(C(C)(C)C)cc2N)cccc1-c1cn2ccnc2c(Nc2ccc(C(=O)N3CCN(C)CC3)cc2)n1. The van der Waals surface area contributed by atoms with E-state index < -0.39 is 5.97 Å². The van der Waals surface area contributed by atoms with Crippen LogP contribution in [0.5, 0.6) is 0 Å². The number of carbonyl (C=O) groups is 4. The number of amides is 3. The summed E-state index contributed by atoms with van der Waals surface area (Å²) in [7, 11) is 4.15. The van der Waals surface area contributed by atoms with Gasteiger partial charge in [0.25, 0.3) is 17.7 Å². The monoisotopic (exact) mass is 1250 g/mol. The van der Waals surface area contributed by atoms with E-state index >= 15 is 0 Å². The fraction of sp³-hybridized carbons (Fsp3) is 0.278. The molecule has 3 amide bonds. The first-order chi connectivity index (χ1) is 44.3. The minimum atomic E-state index is -0.983. The zero-order valence-electron chi connectivity index (χ0n) is 54.5. The van der Waals surface area contributed by atoms with Crippen LogP contribution in [0, 0.1) is 13.8 Å². The molecule has 12 rings (SSSR count). The summed E-state index contributed by atoms with van der Waals surface area (Å²) < 4.78 is 3.86. The summed E-state index contributed by atoms with van der Waals surface area (Å²) in [4.78, 5) is 76.9. The molecule has 10 aromatic rings. The summed E-state index contributed by atoms with van der Waals surface area (Å²) in [6.07, 6.45) is 11.1. The largest absolute Gasteiger partial charge is 0.478 e. The third-order valence-corrected chi connectivity index (χ3v) is 16.9. The highest BCUT2D eigenvalue weighted by Crippen LogP contribution is 2.34. The number of carboxylic acid groups (broad SMARTS) is 1. The van der Waals surface area contributed by atoms with E-state index in [9.17, 15) is 19.2 Å². The number of benzene rings is 6. The zero-order valence-corrected chi connectivity index (χ0v) is 54.5. The van der Waals surface area contributed by atoms with E-state index in [1.54, 1.807) is 36.7 Å². The van der Waals surface area contributed by atoms with Crippen molar-refractivity contribution in [1.29, 1.82) is 0 Å². The Balaban J connectivity index is 0.000000174. The number of anilines is 8. The molecule has 93 heavy (non-hydrogen) atoms. The number of imidazole rings is 2. The summed E-state index contributed by atoms with van der Waals surface area (Å²) in [5.41, 5.74) is 32.4. The normalized spacial score (nSPS) is 13.8. The Morgan fingerprint density at radius 2 is 0.925 bits per heavy atom. The molecular weight excluding hydrogens is 1170 g/mol. The van der Waals surface area contributed by atoms with Crippen molar-refractivity contribution in [3.05, 3.63) is 203 Å². The van der Waals surface area contributed by atoms with Crippen molar-refractivity contribution in [2.75, 3.05) is 99.6 Å². The van der Waals surface area contributed by atoms with Crippen LogP contribution in [0.15, 0.2) is 159 Å². The van der Waals surface area contributed by atoms with Crippen LogP contribution in [0.3, 0.4) is 0 Å². The van der Waals surface area contributed by atoms with E-state index in [1.807, 2.05) is 154 Å². The van der Waals surface area contributed by atoms with Crippen LogP contribution in [0.25, 0.3) is 33.8 Å². The van der Waals surface area contributed by atoms with Crippen molar-refractivity contribution < 1.29 is 24.3 Å². The van der Waals surface area contributed by atoms with Gasteiger partial charge in [-0.05, 0) is 146 Å². The van der Waals surface area contributed by atoms with Crippen molar-refractivity contribution in [3.63, 3.8) is 0 Å². The van der Waals surface area contributed by atoms with Gasteiger partial charge in [0.15, 0.2) is 22.9 Å². The molecule has 0 spiro atoms. The second kappa shape index (κ2) is 27.4. The van der Waals surface area contributed by atoms with Crippen LogP contribution in [0.1, 0.15) is 105 Å². The lowest BCUT2D eigenvalue weighted by molar-refractivity contribution is 0.0657. The fourth-order valence-electron chi connectivity index (χ4n) is 11.0. The molecule has 0 saturated carbocycles. The van der Waals surface area contributed by atoms with Crippen LogP contribution in [0.2, 0.25) is 0 Å². The molecule has 480 valence electrons. The molecule has 6 heterocycles. The number of hydrogen-bond acceptors (Lipinski definition) is 15. The van der Waals surface area contributed by atoms with Crippen molar-refractivity contribution in [2.45, 2.75) is 66.2 Å². The Morgan fingerprint density at radius 3 is 1.34 bits per heavy atom. The first-order valence-electron chi connectivity index (χ1n) is 31.0. The number of carboxylic acids is 1. The predicted molar refractivity (Wildman–Crippen MR) is 371 cm³/mol. The first kappa shape index (κ1) is 65.3. The Morgan fingerprint density at radius 1 is 0.505 bits per heavy atom. The number of nitrogens with zero attached hydrogens (tertiary/aromatic N) is 10. The smallest absolute Gasteiger partial charge is 0.337 e. The second-order valence-corrected chi connectivity index (χ2v) is 25.7. The summed E-state index contributed by atoms with van der Waals surface area (Å²) in [6.45, 7) is 23.0. The molecule has 2 aliphatic heterocycles. The van der Waals surface area contributed by atoms with Gasteiger partial charge in [-0.15, -0.1) is 0 Å². The number of nitrogens with one attached hydrogen (secondary N) is 3. The molecule has 2 fully saturated rings. The van der Waals surface area contributed by atoms with E-state index in [-0.39, 0.29) is 34.1 Å². The zero-order chi connectivity index (χ0) is 66.5. The number of nitrogens with two attached hydrogens (primary N) is 3. The Labute approximate surface area is 542 Å². The van der Waals surface area contributed by atoms with Gasteiger partial charge in [0.1, 0.15) is 0 Å². The van der Waals surface area contributed by atoms with E-state index in [0.717, 1.165) is 114 Å². The van der Waals surface area contributed by atoms with Gasteiger partial charge in [0, 0.05) is 146 Å². The van der Waals surface area contributed by atoms with E-state index in [2.05, 4.69) is 91.4 Å². The molecule has 2 aliphatic rings. The van der Waals surface area contributed by atoms with E-state index in [0.29, 0.717) is 56.7 Å². The van der Waals surface area contributed by atoms with Gasteiger partial charge >= 0.3 is 5.97 Å². The highest BCUT2D eigenvalue weighted by Gasteiger charge is 2.24. The maximum atomic E-state index is 13.3. The molecule has 21 nitrogen and oxygen atoms in total. The number of aromatic carboxylic acids is 1.